The van der Waals surface area contributed by atoms with Crippen molar-refractivity contribution in [1.29, 1.82) is 0 Å². The van der Waals surface area contributed by atoms with Gasteiger partial charge in [-0.3, -0.25) is 4.79 Å². The molecule has 2 N–H and O–H groups in total. The Bertz CT molecular complexity index is 469. The van der Waals surface area contributed by atoms with Crippen molar-refractivity contribution < 1.29 is 19.4 Å². The third-order valence-corrected chi connectivity index (χ3v) is 3.19. The Kier molecular flexibility index (Phi) is 4.16. The third kappa shape index (κ3) is 3.54. The van der Waals surface area contributed by atoms with Gasteiger partial charge in [0.2, 0.25) is 5.91 Å². The SMILES string of the molecule is C[C@H]1CC[C@@H](C(=O)NCc2ccc(C(=O)O)cc2)O1. The average Bonchev–Trinajstić information content (AvgIpc) is 2.83. The summed E-state index contributed by atoms with van der Waals surface area (Å²) in [5, 5.41) is 11.6. The monoisotopic (exact) mass is 263 g/mol. The molecule has 1 aromatic carbocycles. The highest BCUT2D eigenvalue weighted by Gasteiger charge is 2.27. The number of rotatable bonds is 4. The molecule has 102 valence electrons. The number of benzene rings is 1. The molecule has 1 amide bonds. The van der Waals surface area contributed by atoms with Gasteiger partial charge in [0, 0.05) is 6.54 Å². The number of carboxylic acids is 1. The summed E-state index contributed by atoms with van der Waals surface area (Å²) in [7, 11) is 0. The van der Waals surface area contributed by atoms with Gasteiger partial charge in [0.05, 0.1) is 11.7 Å². The van der Waals surface area contributed by atoms with Crippen molar-refractivity contribution in [3.63, 3.8) is 0 Å². The third-order valence-electron chi connectivity index (χ3n) is 3.19. The summed E-state index contributed by atoms with van der Waals surface area (Å²) in [4.78, 5) is 22.5. The second-order valence-electron chi connectivity index (χ2n) is 4.73. The Morgan fingerprint density at radius 2 is 2.00 bits per heavy atom. The molecule has 5 nitrogen and oxygen atoms in total. The van der Waals surface area contributed by atoms with E-state index < -0.39 is 5.97 Å². The quantitative estimate of drug-likeness (QED) is 0.864. The van der Waals surface area contributed by atoms with E-state index in [1.165, 1.54) is 12.1 Å². The van der Waals surface area contributed by atoms with Crippen LogP contribution >= 0.6 is 0 Å². The summed E-state index contributed by atoms with van der Waals surface area (Å²) in [5.74, 6) is -1.06. The molecule has 2 atom stereocenters. The van der Waals surface area contributed by atoms with E-state index in [1.54, 1.807) is 12.1 Å². The van der Waals surface area contributed by atoms with E-state index in [2.05, 4.69) is 5.32 Å². The summed E-state index contributed by atoms with van der Waals surface area (Å²) < 4.78 is 5.47. The average molecular weight is 263 g/mol. The highest BCUT2D eigenvalue weighted by molar-refractivity contribution is 5.87. The second-order valence-corrected chi connectivity index (χ2v) is 4.73. The van der Waals surface area contributed by atoms with Gasteiger partial charge < -0.3 is 15.2 Å². The summed E-state index contributed by atoms with van der Waals surface area (Å²) in [6.07, 6.45) is 1.45. The number of nitrogens with one attached hydrogen (secondary N) is 1. The Hall–Kier alpha value is -1.88. The van der Waals surface area contributed by atoms with Crippen molar-refractivity contribution in [1.82, 2.24) is 5.32 Å². The Balaban J connectivity index is 1.85. The molecule has 2 rings (SSSR count). The van der Waals surface area contributed by atoms with Crippen molar-refractivity contribution in [2.75, 3.05) is 0 Å². The number of carbonyl (C=O) groups is 2. The minimum Gasteiger partial charge on any atom is -0.478 e. The standard InChI is InChI=1S/C14H17NO4/c1-9-2-7-12(19-9)13(16)15-8-10-3-5-11(6-4-10)14(17)18/h3-6,9,12H,2,7-8H2,1H3,(H,15,16)(H,17,18)/t9-,12-/m0/s1. The van der Waals surface area contributed by atoms with Crippen LogP contribution in [0.25, 0.3) is 0 Å². The van der Waals surface area contributed by atoms with Gasteiger partial charge in [-0.15, -0.1) is 0 Å². The van der Waals surface area contributed by atoms with Crippen molar-refractivity contribution in [3.8, 4) is 0 Å². The molecule has 0 unspecified atom stereocenters. The summed E-state index contributed by atoms with van der Waals surface area (Å²) in [6, 6.07) is 6.44. The zero-order chi connectivity index (χ0) is 13.8. The molecule has 5 heteroatoms. The zero-order valence-corrected chi connectivity index (χ0v) is 10.8. The lowest BCUT2D eigenvalue weighted by Crippen LogP contribution is -2.34. The van der Waals surface area contributed by atoms with Gasteiger partial charge >= 0.3 is 5.97 Å². The molecule has 1 aliphatic rings. The van der Waals surface area contributed by atoms with E-state index in [9.17, 15) is 9.59 Å². The lowest BCUT2D eigenvalue weighted by molar-refractivity contribution is -0.131. The van der Waals surface area contributed by atoms with Crippen molar-refractivity contribution in [3.05, 3.63) is 35.4 Å². The maximum Gasteiger partial charge on any atom is 0.335 e. The highest BCUT2D eigenvalue weighted by atomic mass is 16.5. The lowest BCUT2D eigenvalue weighted by atomic mass is 10.1. The van der Waals surface area contributed by atoms with Crippen LogP contribution in [0.5, 0.6) is 0 Å². The molecule has 1 fully saturated rings. The molecule has 1 aliphatic heterocycles. The van der Waals surface area contributed by atoms with Gasteiger partial charge in [0.1, 0.15) is 6.10 Å². The number of hydrogen-bond acceptors (Lipinski definition) is 3. The molecule has 19 heavy (non-hydrogen) atoms. The molecule has 1 aromatic rings. The maximum absolute atomic E-state index is 11.8. The molecule has 0 radical (unpaired) electrons. The highest BCUT2D eigenvalue weighted by Crippen LogP contribution is 2.19. The van der Waals surface area contributed by atoms with Crippen LogP contribution in [-0.4, -0.2) is 29.2 Å². The van der Waals surface area contributed by atoms with Crippen molar-refractivity contribution in [2.45, 2.75) is 38.5 Å². The van der Waals surface area contributed by atoms with E-state index >= 15 is 0 Å². The largest absolute Gasteiger partial charge is 0.478 e. The normalized spacial score (nSPS) is 22.2. The fraction of sp³-hybridized carbons (Fsp3) is 0.429. The molecule has 0 bridgehead atoms. The Labute approximate surface area is 111 Å². The van der Waals surface area contributed by atoms with Crippen LogP contribution in [-0.2, 0) is 16.1 Å². The number of amides is 1. The molecule has 1 heterocycles. The van der Waals surface area contributed by atoms with E-state index in [-0.39, 0.29) is 23.7 Å². The van der Waals surface area contributed by atoms with Gasteiger partial charge in [-0.1, -0.05) is 12.1 Å². The number of carbonyl (C=O) groups excluding carboxylic acids is 1. The van der Waals surface area contributed by atoms with E-state index in [4.69, 9.17) is 9.84 Å². The van der Waals surface area contributed by atoms with Gasteiger partial charge in [0.25, 0.3) is 0 Å². The van der Waals surface area contributed by atoms with Crippen LogP contribution in [0.15, 0.2) is 24.3 Å². The number of aromatic carboxylic acids is 1. The molecule has 1 saturated heterocycles. The van der Waals surface area contributed by atoms with Crippen LogP contribution in [0.1, 0.15) is 35.7 Å². The lowest BCUT2D eigenvalue weighted by Gasteiger charge is -2.11. The number of hydrogen-bond donors (Lipinski definition) is 2. The summed E-state index contributed by atoms with van der Waals surface area (Å²) in [6.45, 7) is 2.34. The second kappa shape index (κ2) is 5.84. The predicted octanol–water partition coefficient (Wildman–Crippen LogP) is 1.57. The van der Waals surface area contributed by atoms with Crippen LogP contribution in [0.4, 0.5) is 0 Å². The van der Waals surface area contributed by atoms with Crippen LogP contribution in [0.3, 0.4) is 0 Å². The van der Waals surface area contributed by atoms with Gasteiger partial charge in [-0.05, 0) is 37.5 Å². The fourth-order valence-electron chi connectivity index (χ4n) is 2.06. The number of carboxylic acid groups (broad SMARTS) is 1. The minimum absolute atomic E-state index is 0.105. The maximum atomic E-state index is 11.8. The molecular weight excluding hydrogens is 246 g/mol. The fourth-order valence-corrected chi connectivity index (χ4v) is 2.06. The molecular formula is C14H17NO4. The molecule has 0 saturated carbocycles. The first-order valence-electron chi connectivity index (χ1n) is 6.31. The van der Waals surface area contributed by atoms with E-state index in [0.29, 0.717) is 6.54 Å². The Morgan fingerprint density at radius 1 is 1.32 bits per heavy atom. The zero-order valence-electron chi connectivity index (χ0n) is 10.8. The first-order chi connectivity index (χ1) is 9.06. The molecule has 0 aromatic heterocycles. The van der Waals surface area contributed by atoms with Crippen LogP contribution < -0.4 is 5.32 Å². The Morgan fingerprint density at radius 3 is 2.53 bits per heavy atom. The smallest absolute Gasteiger partial charge is 0.335 e. The van der Waals surface area contributed by atoms with Gasteiger partial charge in [-0.25, -0.2) is 4.79 Å². The summed E-state index contributed by atoms with van der Waals surface area (Å²) in [5.41, 5.74) is 1.10. The first kappa shape index (κ1) is 13.5. The van der Waals surface area contributed by atoms with Gasteiger partial charge in [0.15, 0.2) is 0 Å². The molecule has 0 spiro atoms. The molecule has 0 aliphatic carbocycles. The predicted molar refractivity (Wildman–Crippen MR) is 68.8 cm³/mol. The topological polar surface area (TPSA) is 75.6 Å². The van der Waals surface area contributed by atoms with Crippen molar-refractivity contribution in [2.24, 2.45) is 0 Å². The van der Waals surface area contributed by atoms with Crippen molar-refractivity contribution >= 4 is 11.9 Å². The summed E-state index contributed by atoms with van der Waals surface area (Å²) >= 11 is 0. The van der Waals surface area contributed by atoms with E-state index in [1.807, 2.05) is 6.92 Å². The number of ether oxygens (including phenoxy) is 1. The van der Waals surface area contributed by atoms with Crippen LogP contribution in [0, 0.1) is 0 Å². The van der Waals surface area contributed by atoms with Crippen LogP contribution in [0.2, 0.25) is 0 Å². The first-order valence-corrected chi connectivity index (χ1v) is 6.31. The van der Waals surface area contributed by atoms with Gasteiger partial charge in [-0.2, -0.15) is 0 Å². The van der Waals surface area contributed by atoms with E-state index in [0.717, 1.165) is 18.4 Å². The minimum atomic E-state index is -0.955.